The number of fused-ring (bicyclic) bond motifs is 8. The minimum absolute atomic E-state index is 0.321. The Morgan fingerprint density at radius 2 is 0.589 bits per heavy atom. The van der Waals surface area contributed by atoms with Gasteiger partial charge in [-0.1, -0.05) is 133 Å². The highest BCUT2D eigenvalue weighted by Crippen LogP contribution is 2.43. The second-order valence-electron chi connectivity index (χ2n) is 18.8. The lowest BCUT2D eigenvalue weighted by Gasteiger charge is -2.25. The van der Waals surface area contributed by atoms with Crippen LogP contribution in [-0.4, -0.2) is 9.13 Å². The summed E-state index contributed by atoms with van der Waals surface area (Å²) in [5, 5.41) is 9.57. The smallest absolute Gasteiger partial charge is 0.123 e. The van der Waals surface area contributed by atoms with Crippen molar-refractivity contribution in [2.75, 3.05) is 4.90 Å². The molecule has 0 saturated carbocycles. The van der Waals surface area contributed by atoms with E-state index >= 15 is 0 Å². The SMILES string of the molecule is Fc1ccc(N(c2ccc(F)cc2)c2ccc(-c3cc(-c4ccc5c(c4)c4ccccc4n5-c4cccc5ccccc45)cc(-c4ccc5c(c4)c4ccccc4n5-c4cccc5ccccc45)c3)cc2)cc1. The summed E-state index contributed by atoms with van der Waals surface area (Å²) in [6.45, 7) is 0. The molecule has 0 radical (unpaired) electrons. The monoisotopic (exact) mass is 939 g/mol. The highest BCUT2D eigenvalue weighted by Gasteiger charge is 2.19. The summed E-state index contributed by atoms with van der Waals surface area (Å²) in [5.41, 5.74) is 15.8. The van der Waals surface area contributed by atoms with Crippen molar-refractivity contribution in [2.45, 2.75) is 0 Å². The van der Waals surface area contributed by atoms with E-state index in [1.807, 2.05) is 4.90 Å². The van der Waals surface area contributed by atoms with E-state index in [0.29, 0.717) is 0 Å². The van der Waals surface area contributed by atoms with Crippen molar-refractivity contribution in [3.05, 3.63) is 272 Å². The number of halogens is 2. The third-order valence-electron chi connectivity index (χ3n) is 14.6. The molecule has 0 saturated heterocycles. The average molecular weight is 940 g/mol. The van der Waals surface area contributed by atoms with Crippen LogP contribution in [0, 0.1) is 11.6 Å². The summed E-state index contributed by atoms with van der Waals surface area (Å²) in [4.78, 5) is 2.01. The van der Waals surface area contributed by atoms with Crippen LogP contribution in [0.15, 0.2) is 261 Å². The number of aromatic nitrogens is 2. The predicted octanol–water partition coefficient (Wildman–Crippen LogP) is 18.9. The zero-order valence-electron chi connectivity index (χ0n) is 39.4. The van der Waals surface area contributed by atoms with Crippen molar-refractivity contribution in [1.82, 2.24) is 9.13 Å². The zero-order valence-corrected chi connectivity index (χ0v) is 39.4. The molecule has 0 N–H and O–H groups in total. The van der Waals surface area contributed by atoms with Crippen molar-refractivity contribution in [2.24, 2.45) is 0 Å². The standard InChI is InChI=1S/C68H43F2N3/c69-52-27-33-55(34-28-52)71(56-35-29-53(70)30-36-56)54-31-23-44(24-32-54)49-39-50(47-25-37-67-61(42-47)59-17-5-7-19-65(59)72(67)63-21-9-13-45-11-1-3-15-57(45)63)41-51(40-49)48-26-38-68-62(43-48)60-18-6-8-20-66(60)73(68)64-22-10-14-46-12-2-4-16-58(46)64/h1-43H. The Morgan fingerprint density at radius 1 is 0.247 bits per heavy atom. The van der Waals surface area contributed by atoms with Crippen molar-refractivity contribution < 1.29 is 8.78 Å². The van der Waals surface area contributed by atoms with E-state index in [4.69, 9.17) is 0 Å². The predicted molar refractivity (Wildman–Crippen MR) is 301 cm³/mol. The molecule has 0 unspecified atom stereocenters. The van der Waals surface area contributed by atoms with E-state index in [1.165, 1.54) is 67.4 Å². The number of benzene rings is 12. The van der Waals surface area contributed by atoms with Crippen LogP contribution in [0.2, 0.25) is 0 Å². The lowest BCUT2D eigenvalue weighted by molar-refractivity contribution is 0.628. The van der Waals surface area contributed by atoms with E-state index in [0.717, 1.165) is 83.9 Å². The van der Waals surface area contributed by atoms with E-state index in [9.17, 15) is 8.78 Å². The molecule has 2 heterocycles. The largest absolute Gasteiger partial charge is 0.310 e. The molecule has 0 amide bonds. The fourth-order valence-electron chi connectivity index (χ4n) is 11.2. The van der Waals surface area contributed by atoms with Gasteiger partial charge >= 0.3 is 0 Å². The number of para-hydroxylation sites is 2. The van der Waals surface area contributed by atoms with Crippen molar-refractivity contribution in [1.29, 1.82) is 0 Å². The van der Waals surface area contributed by atoms with Crippen molar-refractivity contribution >= 4 is 82.2 Å². The maximum absolute atomic E-state index is 14.2. The summed E-state index contributed by atoms with van der Waals surface area (Å²) in [6, 6.07) is 89.6. The summed E-state index contributed by atoms with van der Waals surface area (Å²) >= 11 is 0. The molecule has 14 rings (SSSR count). The van der Waals surface area contributed by atoms with Gasteiger partial charge in [0.1, 0.15) is 11.6 Å². The van der Waals surface area contributed by atoms with Gasteiger partial charge in [-0.3, -0.25) is 0 Å². The summed E-state index contributed by atoms with van der Waals surface area (Å²) in [7, 11) is 0. The van der Waals surface area contributed by atoms with E-state index in [1.54, 1.807) is 24.3 Å². The molecule has 0 fully saturated rings. The normalized spacial score (nSPS) is 11.7. The van der Waals surface area contributed by atoms with Gasteiger partial charge in [0.2, 0.25) is 0 Å². The Labute approximate surface area is 420 Å². The summed E-state index contributed by atoms with van der Waals surface area (Å²) in [5.74, 6) is -0.642. The molecule has 3 nitrogen and oxygen atoms in total. The van der Waals surface area contributed by atoms with Crippen LogP contribution in [0.5, 0.6) is 0 Å². The number of hydrogen-bond donors (Lipinski definition) is 0. The topological polar surface area (TPSA) is 13.1 Å². The first-order chi connectivity index (χ1) is 36.0. The molecule has 14 aromatic rings. The van der Waals surface area contributed by atoms with Crippen LogP contribution in [0.3, 0.4) is 0 Å². The van der Waals surface area contributed by atoms with Gasteiger partial charge in [-0.2, -0.15) is 0 Å². The van der Waals surface area contributed by atoms with Crippen LogP contribution in [0.1, 0.15) is 0 Å². The Morgan fingerprint density at radius 3 is 1.04 bits per heavy atom. The van der Waals surface area contributed by atoms with Gasteiger partial charge in [0.25, 0.3) is 0 Å². The number of rotatable bonds is 8. The van der Waals surface area contributed by atoms with E-state index < -0.39 is 0 Å². The fraction of sp³-hybridized carbons (Fsp3) is 0. The molecule has 2 aromatic heterocycles. The average Bonchev–Trinajstić information content (AvgIpc) is 3.96. The highest BCUT2D eigenvalue weighted by atomic mass is 19.1. The fourth-order valence-corrected chi connectivity index (χ4v) is 11.2. The minimum atomic E-state index is -0.321. The van der Waals surface area contributed by atoms with Gasteiger partial charge in [-0.25, -0.2) is 8.78 Å². The molecular weight excluding hydrogens is 897 g/mol. The van der Waals surface area contributed by atoms with Crippen LogP contribution >= 0.6 is 0 Å². The van der Waals surface area contributed by atoms with Crippen LogP contribution in [-0.2, 0) is 0 Å². The molecule has 12 aromatic carbocycles. The van der Waals surface area contributed by atoms with Gasteiger partial charge in [0, 0.05) is 49.4 Å². The molecule has 73 heavy (non-hydrogen) atoms. The number of anilines is 3. The molecule has 0 spiro atoms. The second kappa shape index (κ2) is 17.1. The van der Waals surface area contributed by atoms with E-state index in [-0.39, 0.29) is 11.6 Å². The molecule has 0 atom stereocenters. The molecule has 0 aliphatic carbocycles. The molecule has 0 aliphatic rings. The third kappa shape index (κ3) is 7.16. The molecule has 0 bridgehead atoms. The maximum Gasteiger partial charge on any atom is 0.123 e. The first-order valence-corrected chi connectivity index (χ1v) is 24.6. The third-order valence-corrected chi connectivity index (χ3v) is 14.6. The zero-order chi connectivity index (χ0) is 48.6. The van der Waals surface area contributed by atoms with Crippen molar-refractivity contribution in [3.8, 4) is 44.8 Å². The van der Waals surface area contributed by atoms with Crippen LogP contribution < -0.4 is 4.90 Å². The Hall–Kier alpha value is -9.58. The Balaban J connectivity index is 0.952. The summed E-state index contributed by atoms with van der Waals surface area (Å²) in [6.07, 6.45) is 0. The lowest BCUT2D eigenvalue weighted by atomic mass is 9.92. The minimum Gasteiger partial charge on any atom is -0.310 e. The van der Waals surface area contributed by atoms with E-state index in [2.05, 4.69) is 221 Å². The molecule has 5 heteroatoms. The Kier molecular flexibility index (Phi) is 9.90. The quantitative estimate of drug-likeness (QED) is 0.148. The first-order valence-electron chi connectivity index (χ1n) is 24.6. The van der Waals surface area contributed by atoms with Crippen LogP contribution in [0.25, 0.3) is 110 Å². The van der Waals surface area contributed by atoms with Gasteiger partial charge in [-0.05, 0) is 172 Å². The lowest BCUT2D eigenvalue weighted by Crippen LogP contribution is -2.09. The molecule has 0 aliphatic heterocycles. The van der Waals surface area contributed by atoms with Crippen molar-refractivity contribution in [3.63, 3.8) is 0 Å². The maximum atomic E-state index is 14.2. The highest BCUT2D eigenvalue weighted by molar-refractivity contribution is 6.13. The number of hydrogen-bond acceptors (Lipinski definition) is 1. The molecular formula is C68H43F2N3. The van der Waals surface area contributed by atoms with Gasteiger partial charge in [0.05, 0.1) is 33.4 Å². The van der Waals surface area contributed by atoms with Crippen LogP contribution in [0.4, 0.5) is 25.8 Å². The molecule has 344 valence electrons. The van der Waals surface area contributed by atoms with Gasteiger partial charge in [-0.15, -0.1) is 0 Å². The van der Waals surface area contributed by atoms with Gasteiger partial charge in [0.15, 0.2) is 0 Å². The number of nitrogens with zero attached hydrogens (tertiary/aromatic N) is 3. The first kappa shape index (κ1) is 42.3. The Bertz CT molecular complexity index is 4180. The summed E-state index contributed by atoms with van der Waals surface area (Å²) < 4.78 is 33.3. The van der Waals surface area contributed by atoms with Gasteiger partial charge < -0.3 is 14.0 Å². The second-order valence-corrected chi connectivity index (χ2v) is 18.8.